The Morgan fingerprint density at radius 2 is 2.24 bits per heavy atom. The Bertz CT molecular complexity index is 402. The molecule has 0 saturated heterocycles. The van der Waals surface area contributed by atoms with Crippen molar-refractivity contribution in [2.75, 3.05) is 13.6 Å². The first-order valence-corrected chi connectivity index (χ1v) is 6.41. The number of nitrogens with two attached hydrogens (primary N) is 1. The Morgan fingerprint density at radius 1 is 1.59 bits per heavy atom. The minimum atomic E-state index is 0.544. The van der Waals surface area contributed by atoms with Gasteiger partial charge in [0.25, 0.3) is 0 Å². The first-order valence-electron chi connectivity index (χ1n) is 5.62. The molecule has 1 aromatic rings. The molecule has 0 radical (unpaired) electrons. The molecule has 1 aromatic heterocycles. The molecule has 0 aliphatic carbocycles. The third-order valence-corrected chi connectivity index (χ3v) is 3.30. The number of aryl methyl sites for hydroxylation is 2. The number of rotatable bonds is 6. The predicted octanol–water partition coefficient (Wildman–Crippen LogP) is 1.74. The number of nitrogens with zero attached hydrogens (tertiary/aromatic N) is 3. The lowest BCUT2D eigenvalue weighted by atomic mass is 10.3. The monoisotopic (exact) mass is 274 g/mol. The van der Waals surface area contributed by atoms with Crippen LogP contribution in [0, 0.1) is 0 Å². The fraction of sp³-hybridized carbons (Fsp3) is 0.636. The molecule has 0 aliphatic rings. The van der Waals surface area contributed by atoms with Gasteiger partial charge < -0.3 is 10.6 Å². The normalized spacial score (nSPS) is 11.1. The molecule has 0 spiro atoms. The van der Waals surface area contributed by atoms with Crippen LogP contribution in [0.2, 0.25) is 5.02 Å². The summed E-state index contributed by atoms with van der Waals surface area (Å²) in [6.45, 7) is 3.64. The lowest BCUT2D eigenvalue weighted by molar-refractivity contribution is 0.327. The van der Waals surface area contributed by atoms with E-state index in [0.717, 1.165) is 42.3 Å². The molecule has 0 atom stereocenters. The lowest BCUT2D eigenvalue weighted by Crippen LogP contribution is -2.24. The van der Waals surface area contributed by atoms with Gasteiger partial charge in [-0.15, -0.1) is 0 Å². The van der Waals surface area contributed by atoms with Crippen molar-refractivity contribution in [3.8, 4) is 0 Å². The van der Waals surface area contributed by atoms with E-state index in [1.807, 2.05) is 18.8 Å². The van der Waals surface area contributed by atoms with Crippen LogP contribution in [-0.2, 0) is 20.0 Å². The highest BCUT2D eigenvalue weighted by atomic mass is 35.5. The summed E-state index contributed by atoms with van der Waals surface area (Å²) in [7, 11) is 3.94. The van der Waals surface area contributed by atoms with Crippen LogP contribution in [0.3, 0.4) is 0 Å². The van der Waals surface area contributed by atoms with Gasteiger partial charge >= 0.3 is 0 Å². The summed E-state index contributed by atoms with van der Waals surface area (Å²) in [6, 6.07) is 0. The van der Waals surface area contributed by atoms with Crippen LogP contribution in [0.1, 0.15) is 24.7 Å². The quantitative estimate of drug-likeness (QED) is 0.803. The fourth-order valence-electron chi connectivity index (χ4n) is 1.63. The highest BCUT2D eigenvalue weighted by molar-refractivity contribution is 7.80. The molecule has 17 heavy (non-hydrogen) atoms. The largest absolute Gasteiger partial charge is 0.393 e. The number of thiocarbonyl (C=S) groups is 1. The molecule has 2 N–H and O–H groups in total. The summed E-state index contributed by atoms with van der Waals surface area (Å²) in [5.74, 6) is 0. The van der Waals surface area contributed by atoms with Crippen LogP contribution >= 0.6 is 23.8 Å². The smallest absolute Gasteiger partial charge is 0.0863 e. The van der Waals surface area contributed by atoms with Gasteiger partial charge in [0, 0.05) is 26.6 Å². The Balaban J connectivity index is 2.67. The molecular formula is C11H19ClN4S. The summed E-state index contributed by atoms with van der Waals surface area (Å²) in [6.07, 6.45) is 1.57. The van der Waals surface area contributed by atoms with Crippen molar-refractivity contribution in [3.63, 3.8) is 0 Å². The fourth-order valence-corrected chi connectivity index (χ4v) is 2.07. The second-order valence-electron chi connectivity index (χ2n) is 4.14. The highest BCUT2D eigenvalue weighted by Crippen LogP contribution is 2.21. The zero-order valence-electron chi connectivity index (χ0n) is 10.5. The Hall–Kier alpha value is -0.650. The molecular weight excluding hydrogens is 256 g/mol. The molecule has 0 amide bonds. The van der Waals surface area contributed by atoms with E-state index in [9.17, 15) is 0 Å². The van der Waals surface area contributed by atoms with Crippen molar-refractivity contribution in [2.45, 2.75) is 26.3 Å². The molecule has 0 unspecified atom stereocenters. The maximum absolute atomic E-state index is 6.28. The number of hydrogen-bond acceptors (Lipinski definition) is 3. The molecule has 96 valence electrons. The van der Waals surface area contributed by atoms with Gasteiger partial charge in [0.2, 0.25) is 0 Å². The zero-order valence-corrected chi connectivity index (χ0v) is 12.1. The van der Waals surface area contributed by atoms with Crippen molar-refractivity contribution in [2.24, 2.45) is 12.8 Å². The van der Waals surface area contributed by atoms with Crippen molar-refractivity contribution in [1.82, 2.24) is 14.7 Å². The van der Waals surface area contributed by atoms with E-state index in [2.05, 4.69) is 16.9 Å². The topological polar surface area (TPSA) is 47.1 Å². The van der Waals surface area contributed by atoms with Gasteiger partial charge in [0.1, 0.15) is 0 Å². The van der Waals surface area contributed by atoms with Crippen LogP contribution in [-0.4, -0.2) is 33.3 Å². The molecule has 0 aromatic carbocycles. The summed E-state index contributed by atoms with van der Waals surface area (Å²) >= 11 is 11.1. The van der Waals surface area contributed by atoms with Gasteiger partial charge in [-0.05, 0) is 13.5 Å². The van der Waals surface area contributed by atoms with Gasteiger partial charge in [0.05, 0.1) is 21.4 Å². The average Bonchev–Trinajstić information content (AvgIpc) is 2.53. The minimum absolute atomic E-state index is 0.544. The number of hydrogen-bond donors (Lipinski definition) is 1. The van der Waals surface area contributed by atoms with E-state index in [4.69, 9.17) is 29.6 Å². The van der Waals surface area contributed by atoms with Crippen molar-refractivity contribution in [3.05, 3.63) is 16.4 Å². The van der Waals surface area contributed by atoms with E-state index in [0.29, 0.717) is 4.99 Å². The zero-order chi connectivity index (χ0) is 13.0. The van der Waals surface area contributed by atoms with E-state index in [-0.39, 0.29) is 0 Å². The average molecular weight is 275 g/mol. The SMILES string of the molecule is CCc1nn(C)c(CN(C)CCC(N)=S)c1Cl. The second kappa shape index (κ2) is 6.33. The van der Waals surface area contributed by atoms with Crippen LogP contribution in [0.15, 0.2) is 0 Å². The van der Waals surface area contributed by atoms with E-state index < -0.39 is 0 Å². The van der Waals surface area contributed by atoms with Crippen LogP contribution in [0.25, 0.3) is 0 Å². The number of aromatic nitrogens is 2. The Morgan fingerprint density at radius 3 is 2.71 bits per heavy atom. The third-order valence-electron chi connectivity index (χ3n) is 2.66. The molecule has 0 bridgehead atoms. The Labute approximate surface area is 113 Å². The molecule has 4 nitrogen and oxygen atoms in total. The van der Waals surface area contributed by atoms with Gasteiger partial charge in [-0.25, -0.2) is 0 Å². The molecule has 0 aliphatic heterocycles. The van der Waals surface area contributed by atoms with Crippen LogP contribution in [0.4, 0.5) is 0 Å². The third kappa shape index (κ3) is 3.94. The van der Waals surface area contributed by atoms with Gasteiger partial charge in [-0.3, -0.25) is 4.68 Å². The summed E-state index contributed by atoms with van der Waals surface area (Å²) in [5, 5.41) is 5.16. The van der Waals surface area contributed by atoms with E-state index in [1.165, 1.54) is 0 Å². The lowest BCUT2D eigenvalue weighted by Gasteiger charge is -2.16. The molecule has 1 heterocycles. The van der Waals surface area contributed by atoms with Gasteiger partial charge in [-0.2, -0.15) is 5.10 Å². The van der Waals surface area contributed by atoms with Crippen molar-refractivity contribution in [1.29, 1.82) is 0 Å². The van der Waals surface area contributed by atoms with Crippen molar-refractivity contribution >= 4 is 28.8 Å². The first kappa shape index (κ1) is 14.4. The van der Waals surface area contributed by atoms with Gasteiger partial charge in [-0.1, -0.05) is 30.7 Å². The van der Waals surface area contributed by atoms with E-state index >= 15 is 0 Å². The highest BCUT2D eigenvalue weighted by Gasteiger charge is 2.14. The summed E-state index contributed by atoms with van der Waals surface area (Å²) in [4.78, 5) is 2.68. The maximum atomic E-state index is 6.28. The standard InChI is InChI=1S/C11H19ClN4S/c1-4-8-11(12)9(16(3)14-8)7-15(2)6-5-10(13)17/h4-7H2,1-3H3,(H2,13,17). The molecule has 6 heteroatoms. The van der Waals surface area contributed by atoms with Gasteiger partial charge in [0.15, 0.2) is 0 Å². The first-order chi connectivity index (χ1) is 7.95. The molecule has 0 fully saturated rings. The molecule has 0 saturated carbocycles. The summed E-state index contributed by atoms with van der Waals surface area (Å²) < 4.78 is 1.85. The van der Waals surface area contributed by atoms with Crippen LogP contribution < -0.4 is 5.73 Å². The number of halogens is 1. The van der Waals surface area contributed by atoms with Crippen molar-refractivity contribution < 1.29 is 0 Å². The summed E-state index contributed by atoms with van der Waals surface area (Å²) in [5.41, 5.74) is 7.47. The second-order valence-corrected chi connectivity index (χ2v) is 5.04. The predicted molar refractivity (Wildman–Crippen MR) is 75.3 cm³/mol. The molecule has 1 rings (SSSR count). The Kier molecular flexibility index (Phi) is 5.36. The minimum Gasteiger partial charge on any atom is -0.393 e. The van der Waals surface area contributed by atoms with Crippen LogP contribution in [0.5, 0.6) is 0 Å². The van der Waals surface area contributed by atoms with E-state index in [1.54, 1.807) is 0 Å². The maximum Gasteiger partial charge on any atom is 0.0863 e.